The lowest BCUT2D eigenvalue weighted by atomic mass is 9.99. The molecule has 0 saturated heterocycles. The molecule has 0 unspecified atom stereocenters. The molecule has 0 fully saturated rings. The van der Waals surface area contributed by atoms with Crippen LogP contribution >= 0.6 is 0 Å². The van der Waals surface area contributed by atoms with Gasteiger partial charge in [0.25, 0.3) is 0 Å². The first-order valence-electron chi connectivity index (χ1n) is 16.8. The standard InChI is InChI=1S/C46H32N4/c1-30-11-9-10-26-50(30)46-31(2)40-16-7-8-17-41(40)44(49-46)34-20-22-35(23-21-34)45-47-42(38-24-18-32-12-3-5-14-36(32)27-38)29-43(48-45)39-25-19-33-13-4-6-15-37(33)28-39/h3-29H,1H2,2H3. The minimum absolute atomic E-state index is 0.675. The summed E-state index contributed by atoms with van der Waals surface area (Å²) in [5, 5.41) is 7.04. The summed E-state index contributed by atoms with van der Waals surface area (Å²) in [4.78, 5) is 17.6. The molecule has 4 heteroatoms. The smallest absolute Gasteiger partial charge is 0.160 e. The maximum Gasteiger partial charge on any atom is 0.160 e. The second kappa shape index (κ2) is 12.1. The van der Waals surface area contributed by atoms with Crippen molar-refractivity contribution in [2.45, 2.75) is 6.92 Å². The van der Waals surface area contributed by atoms with Gasteiger partial charge in [0.2, 0.25) is 0 Å². The van der Waals surface area contributed by atoms with Crippen molar-refractivity contribution in [1.29, 1.82) is 0 Å². The van der Waals surface area contributed by atoms with E-state index in [-0.39, 0.29) is 0 Å². The number of benzene rings is 6. The van der Waals surface area contributed by atoms with E-state index in [1.807, 2.05) is 24.4 Å². The minimum atomic E-state index is 0.675. The van der Waals surface area contributed by atoms with Gasteiger partial charge in [0.1, 0.15) is 5.82 Å². The lowest BCUT2D eigenvalue weighted by Crippen LogP contribution is -2.18. The Morgan fingerprint density at radius 3 is 1.66 bits per heavy atom. The van der Waals surface area contributed by atoms with Crippen LogP contribution in [0.4, 0.5) is 5.82 Å². The molecule has 1 aliphatic rings. The molecule has 0 radical (unpaired) electrons. The van der Waals surface area contributed by atoms with Crippen LogP contribution in [0.3, 0.4) is 0 Å². The quantitative estimate of drug-likeness (QED) is 0.188. The van der Waals surface area contributed by atoms with Gasteiger partial charge >= 0.3 is 0 Å². The SMILES string of the molecule is C=C1C=CC=CN1c1nc(-c2ccc(-c3nc(-c4ccc5ccccc5c4)cc(-c4ccc5ccccc5c4)n3)cc2)c2ccccc2c1C. The van der Waals surface area contributed by atoms with Gasteiger partial charge in [-0.25, -0.2) is 15.0 Å². The fourth-order valence-electron chi connectivity index (χ4n) is 6.87. The molecule has 0 bridgehead atoms. The van der Waals surface area contributed by atoms with Crippen molar-refractivity contribution in [3.63, 3.8) is 0 Å². The molecule has 236 valence electrons. The maximum atomic E-state index is 5.25. The van der Waals surface area contributed by atoms with Crippen molar-refractivity contribution in [1.82, 2.24) is 15.0 Å². The molecular weight excluding hydrogens is 609 g/mol. The van der Waals surface area contributed by atoms with Crippen molar-refractivity contribution in [3.8, 4) is 45.2 Å². The van der Waals surface area contributed by atoms with Gasteiger partial charge in [-0.15, -0.1) is 0 Å². The zero-order valence-electron chi connectivity index (χ0n) is 27.6. The molecule has 0 aliphatic carbocycles. The van der Waals surface area contributed by atoms with E-state index in [1.54, 1.807) is 0 Å². The fraction of sp³-hybridized carbons (Fsp3) is 0.0217. The Kier molecular flexibility index (Phi) is 7.14. The molecule has 3 heterocycles. The molecule has 2 aromatic heterocycles. The molecule has 0 N–H and O–H groups in total. The molecule has 8 aromatic rings. The summed E-state index contributed by atoms with van der Waals surface area (Å²) < 4.78 is 0. The highest BCUT2D eigenvalue weighted by atomic mass is 15.2. The third-order valence-electron chi connectivity index (χ3n) is 9.54. The van der Waals surface area contributed by atoms with Gasteiger partial charge in [-0.3, -0.25) is 0 Å². The van der Waals surface area contributed by atoms with Gasteiger partial charge in [0.05, 0.1) is 17.1 Å². The normalized spacial score (nSPS) is 12.7. The van der Waals surface area contributed by atoms with Crippen molar-refractivity contribution < 1.29 is 0 Å². The van der Waals surface area contributed by atoms with Crippen LogP contribution in [-0.2, 0) is 0 Å². The number of allylic oxidation sites excluding steroid dienone is 3. The van der Waals surface area contributed by atoms with E-state index in [0.717, 1.165) is 61.8 Å². The number of rotatable bonds is 5. The second-order valence-electron chi connectivity index (χ2n) is 12.7. The molecule has 50 heavy (non-hydrogen) atoms. The molecule has 9 rings (SSSR count). The Bertz CT molecular complexity index is 2590. The maximum absolute atomic E-state index is 5.25. The second-order valence-corrected chi connectivity index (χ2v) is 12.7. The van der Waals surface area contributed by atoms with E-state index < -0.39 is 0 Å². The molecule has 0 spiro atoms. The first-order chi connectivity index (χ1) is 24.6. The van der Waals surface area contributed by atoms with Crippen LogP contribution in [-0.4, -0.2) is 15.0 Å². The third kappa shape index (κ3) is 5.24. The van der Waals surface area contributed by atoms with Gasteiger partial charge in [-0.2, -0.15) is 0 Å². The zero-order chi connectivity index (χ0) is 33.6. The number of anilines is 1. The third-order valence-corrected chi connectivity index (χ3v) is 9.54. The number of hydrogen-bond donors (Lipinski definition) is 0. The molecule has 6 aromatic carbocycles. The number of aromatic nitrogens is 3. The number of pyridine rings is 1. The largest absolute Gasteiger partial charge is 0.302 e. The Morgan fingerprint density at radius 1 is 0.500 bits per heavy atom. The lowest BCUT2D eigenvalue weighted by Gasteiger charge is -2.25. The molecule has 0 saturated carbocycles. The van der Waals surface area contributed by atoms with Crippen LogP contribution in [0.5, 0.6) is 0 Å². The summed E-state index contributed by atoms with van der Waals surface area (Å²) in [6, 6.07) is 49.0. The van der Waals surface area contributed by atoms with Crippen LogP contribution in [0.15, 0.2) is 176 Å². The lowest BCUT2D eigenvalue weighted by molar-refractivity contribution is 1.11. The summed E-state index contributed by atoms with van der Waals surface area (Å²) in [5.41, 5.74) is 8.74. The predicted molar refractivity (Wildman–Crippen MR) is 209 cm³/mol. The summed E-state index contributed by atoms with van der Waals surface area (Å²) >= 11 is 0. The van der Waals surface area contributed by atoms with Crippen molar-refractivity contribution >= 4 is 38.1 Å². The first-order valence-corrected chi connectivity index (χ1v) is 16.8. The topological polar surface area (TPSA) is 41.9 Å². The highest BCUT2D eigenvalue weighted by Gasteiger charge is 2.19. The average Bonchev–Trinajstić information content (AvgIpc) is 3.18. The van der Waals surface area contributed by atoms with Gasteiger partial charge in [0.15, 0.2) is 5.82 Å². The molecule has 1 aliphatic heterocycles. The van der Waals surface area contributed by atoms with Gasteiger partial charge < -0.3 is 4.90 Å². The van der Waals surface area contributed by atoms with E-state index in [0.29, 0.717) is 5.82 Å². The minimum Gasteiger partial charge on any atom is -0.302 e. The molecular formula is C46H32N4. The van der Waals surface area contributed by atoms with Crippen molar-refractivity contribution in [2.75, 3.05) is 4.90 Å². The van der Waals surface area contributed by atoms with Crippen molar-refractivity contribution in [3.05, 3.63) is 182 Å². The van der Waals surface area contributed by atoms with E-state index >= 15 is 0 Å². The molecule has 4 nitrogen and oxygen atoms in total. The van der Waals surface area contributed by atoms with E-state index in [4.69, 9.17) is 15.0 Å². The molecule has 0 amide bonds. The Hall–Kier alpha value is -6.65. The van der Waals surface area contributed by atoms with Crippen LogP contribution in [0.25, 0.3) is 77.5 Å². The number of nitrogens with zero attached hydrogens (tertiary/aromatic N) is 4. The highest BCUT2D eigenvalue weighted by molar-refractivity contribution is 5.99. The summed E-state index contributed by atoms with van der Waals surface area (Å²) in [7, 11) is 0. The average molecular weight is 641 g/mol. The highest BCUT2D eigenvalue weighted by Crippen LogP contribution is 2.37. The predicted octanol–water partition coefficient (Wildman–Crippen LogP) is 11.7. The fourth-order valence-corrected chi connectivity index (χ4v) is 6.87. The van der Waals surface area contributed by atoms with E-state index in [2.05, 4.69) is 158 Å². The van der Waals surface area contributed by atoms with E-state index in [1.165, 1.54) is 26.9 Å². The van der Waals surface area contributed by atoms with Crippen LogP contribution in [0.2, 0.25) is 0 Å². The summed E-state index contributed by atoms with van der Waals surface area (Å²) in [6.07, 6.45) is 8.03. The number of fused-ring (bicyclic) bond motifs is 3. The van der Waals surface area contributed by atoms with E-state index in [9.17, 15) is 0 Å². The first kappa shape index (κ1) is 29.5. The van der Waals surface area contributed by atoms with Crippen molar-refractivity contribution in [2.24, 2.45) is 0 Å². The van der Waals surface area contributed by atoms with Crippen LogP contribution < -0.4 is 4.90 Å². The monoisotopic (exact) mass is 640 g/mol. The van der Waals surface area contributed by atoms with Gasteiger partial charge in [-0.05, 0) is 64.2 Å². The van der Waals surface area contributed by atoms with Crippen LogP contribution in [0.1, 0.15) is 5.56 Å². The summed E-state index contributed by atoms with van der Waals surface area (Å²) in [5.74, 6) is 1.55. The van der Waals surface area contributed by atoms with Gasteiger partial charge in [0, 0.05) is 45.1 Å². The summed E-state index contributed by atoms with van der Waals surface area (Å²) in [6.45, 7) is 6.39. The Morgan fingerprint density at radius 2 is 1.04 bits per heavy atom. The Labute approximate surface area is 291 Å². The van der Waals surface area contributed by atoms with Gasteiger partial charge in [-0.1, -0.05) is 134 Å². The van der Waals surface area contributed by atoms with Crippen LogP contribution in [0, 0.1) is 6.92 Å². The number of hydrogen-bond acceptors (Lipinski definition) is 4. The number of aryl methyl sites for hydroxylation is 1. The Balaban J connectivity index is 1.17. The zero-order valence-corrected chi connectivity index (χ0v) is 27.6. The molecule has 0 atom stereocenters.